The summed E-state index contributed by atoms with van der Waals surface area (Å²) in [5, 5.41) is 3.94. The maximum Gasteiger partial charge on any atom is 0.271 e. The van der Waals surface area contributed by atoms with E-state index in [1.165, 1.54) is 0 Å². The average molecular weight is 264 g/mol. The summed E-state index contributed by atoms with van der Waals surface area (Å²) >= 11 is 0. The number of benzene rings is 2. The zero-order valence-electron chi connectivity index (χ0n) is 10.6. The van der Waals surface area contributed by atoms with Crippen LogP contribution in [0.25, 0.3) is 11.0 Å². The highest BCUT2D eigenvalue weighted by Crippen LogP contribution is 2.11. The summed E-state index contributed by atoms with van der Waals surface area (Å²) in [7, 11) is 0. The number of aromatic nitrogens is 2. The number of aromatic amines is 1. The van der Waals surface area contributed by atoms with Crippen molar-refractivity contribution in [3.05, 3.63) is 66.0 Å². The molecule has 5 nitrogen and oxygen atoms in total. The largest absolute Gasteiger partial charge is 0.345 e. The van der Waals surface area contributed by atoms with Gasteiger partial charge in [0.2, 0.25) is 0 Å². The molecular weight excluding hydrogens is 252 g/mol. The van der Waals surface area contributed by atoms with Crippen LogP contribution in [0.4, 0.5) is 0 Å². The Bertz CT molecular complexity index is 762. The second-order valence-electron chi connectivity index (χ2n) is 4.24. The SMILES string of the molecule is O=C(N/N=C\c1ccccc1)c1ccc2nc[nH]c2c1. The van der Waals surface area contributed by atoms with Crippen molar-refractivity contribution >= 4 is 23.2 Å². The number of fused-ring (bicyclic) bond motifs is 1. The first-order valence-corrected chi connectivity index (χ1v) is 6.14. The first-order chi connectivity index (χ1) is 9.83. The van der Waals surface area contributed by atoms with Crippen LogP contribution >= 0.6 is 0 Å². The number of rotatable bonds is 3. The third kappa shape index (κ3) is 2.56. The van der Waals surface area contributed by atoms with Gasteiger partial charge in [-0.1, -0.05) is 30.3 Å². The molecule has 0 aliphatic heterocycles. The van der Waals surface area contributed by atoms with Gasteiger partial charge in [0.25, 0.3) is 5.91 Å². The van der Waals surface area contributed by atoms with E-state index < -0.39 is 0 Å². The molecule has 98 valence electrons. The lowest BCUT2D eigenvalue weighted by Crippen LogP contribution is -2.17. The Hall–Kier alpha value is -2.95. The number of H-pyrrole nitrogens is 1. The minimum atomic E-state index is -0.256. The van der Waals surface area contributed by atoms with Crippen molar-refractivity contribution in [2.75, 3.05) is 0 Å². The molecule has 0 spiro atoms. The fourth-order valence-corrected chi connectivity index (χ4v) is 1.85. The van der Waals surface area contributed by atoms with E-state index in [0.29, 0.717) is 5.56 Å². The van der Waals surface area contributed by atoms with Crippen molar-refractivity contribution < 1.29 is 4.79 Å². The Balaban J connectivity index is 1.71. The van der Waals surface area contributed by atoms with Crippen molar-refractivity contribution in [3.8, 4) is 0 Å². The molecule has 0 unspecified atom stereocenters. The van der Waals surface area contributed by atoms with Crippen LogP contribution in [0.3, 0.4) is 0 Å². The fourth-order valence-electron chi connectivity index (χ4n) is 1.85. The summed E-state index contributed by atoms with van der Waals surface area (Å²) in [6, 6.07) is 14.8. The van der Waals surface area contributed by atoms with E-state index in [1.807, 2.05) is 30.3 Å². The molecule has 0 atom stereocenters. The number of imidazole rings is 1. The molecule has 0 radical (unpaired) electrons. The van der Waals surface area contributed by atoms with Crippen LogP contribution < -0.4 is 5.43 Å². The van der Waals surface area contributed by atoms with E-state index >= 15 is 0 Å². The lowest BCUT2D eigenvalue weighted by atomic mass is 10.2. The molecule has 3 aromatic rings. The highest BCUT2D eigenvalue weighted by molar-refractivity contribution is 5.97. The number of hydrogen-bond acceptors (Lipinski definition) is 3. The molecular formula is C15H12N4O. The molecule has 0 saturated carbocycles. The van der Waals surface area contributed by atoms with Crippen molar-refractivity contribution in [3.63, 3.8) is 0 Å². The Morgan fingerprint density at radius 2 is 2.05 bits per heavy atom. The van der Waals surface area contributed by atoms with E-state index in [2.05, 4.69) is 20.5 Å². The topological polar surface area (TPSA) is 70.1 Å². The highest BCUT2D eigenvalue weighted by Gasteiger charge is 2.05. The maximum atomic E-state index is 11.9. The number of nitrogens with zero attached hydrogens (tertiary/aromatic N) is 2. The van der Waals surface area contributed by atoms with Gasteiger partial charge in [0.15, 0.2) is 0 Å². The molecule has 20 heavy (non-hydrogen) atoms. The second-order valence-corrected chi connectivity index (χ2v) is 4.24. The standard InChI is InChI=1S/C15H12N4O/c20-15(19-18-9-11-4-2-1-3-5-11)12-6-7-13-14(8-12)17-10-16-13/h1-10H,(H,16,17)(H,19,20)/b18-9-. The molecule has 1 aromatic heterocycles. The second kappa shape index (κ2) is 5.36. The van der Waals surface area contributed by atoms with Gasteiger partial charge in [-0.2, -0.15) is 5.10 Å². The number of nitrogens with one attached hydrogen (secondary N) is 2. The zero-order valence-corrected chi connectivity index (χ0v) is 10.6. The number of hydrogen-bond donors (Lipinski definition) is 2. The van der Waals surface area contributed by atoms with E-state index in [4.69, 9.17) is 0 Å². The van der Waals surface area contributed by atoms with E-state index in [9.17, 15) is 4.79 Å². The van der Waals surface area contributed by atoms with Gasteiger partial charge < -0.3 is 4.98 Å². The highest BCUT2D eigenvalue weighted by atomic mass is 16.2. The van der Waals surface area contributed by atoms with Crippen LogP contribution in [0.5, 0.6) is 0 Å². The molecule has 0 bridgehead atoms. The van der Waals surface area contributed by atoms with Gasteiger partial charge >= 0.3 is 0 Å². The van der Waals surface area contributed by atoms with Gasteiger partial charge in [-0.25, -0.2) is 10.4 Å². The maximum absolute atomic E-state index is 11.9. The number of hydrazone groups is 1. The molecule has 5 heteroatoms. The van der Waals surface area contributed by atoms with Crippen molar-refractivity contribution in [2.45, 2.75) is 0 Å². The van der Waals surface area contributed by atoms with Gasteiger partial charge in [-0.05, 0) is 23.8 Å². The van der Waals surface area contributed by atoms with Crippen LogP contribution in [0, 0.1) is 0 Å². The van der Waals surface area contributed by atoms with Crippen molar-refractivity contribution in [1.29, 1.82) is 0 Å². The van der Waals surface area contributed by atoms with E-state index in [1.54, 1.807) is 30.7 Å². The predicted molar refractivity (Wildman–Crippen MR) is 77.6 cm³/mol. The molecule has 2 N–H and O–H groups in total. The number of carbonyl (C=O) groups is 1. The molecule has 0 saturated heterocycles. The smallest absolute Gasteiger partial charge is 0.271 e. The van der Waals surface area contributed by atoms with Gasteiger partial charge in [0, 0.05) is 5.56 Å². The van der Waals surface area contributed by atoms with Crippen LogP contribution in [-0.2, 0) is 0 Å². The Morgan fingerprint density at radius 3 is 2.90 bits per heavy atom. The average Bonchev–Trinajstić information content (AvgIpc) is 2.95. The van der Waals surface area contributed by atoms with E-state index in [0.717, 1.165) is 16.6 Å². The van der Waals surface area contributed by atoms with Gasteiger partial charge in [0.05, 0.1) is 23.6 Å². The van der Waals surface area contributed by atoms with Crippen LogP contribution in [0.1, 0.15) is 15.9 Å². The Labute approximate surface area is 115 Å². The van der Waals surface area contributed by atoms with Crippen molar-refractivity contribution in [2.24, 2.45) is 5.10 Å². The van der Waals surface area contributed by atoms with Crippen molar-refractivity contribution in [1.82, 2.24) is 15.4 Å². The quantitative estimate of drug-likeness (QED) is 0.563. The lowest BCUT2D eigenvalue weighted by molar-refractivity contribution is 0.0955. The Morgan fingerprint density at radius 1 is 1.20 bits per heavy atom. The monoisotopic (exact) mass is 264 g/mol. The predicted octanol–water partition coefficient (Wildman–Crippen LogP) is 2.33. The molecule has 0 fully saturated rings. The van der Waals surface area contributed by atoms with Crippen LogP contribution in [0.15, 0.2) is 60.0 Å². The van der Waals surface area contributed by atoms with Gasteiger partial charge in [-0.15, -0.1) is 0 Å². The molecule has 0 aliphatic rings. The summed E-state index contributed by atoms with van der Waals surface area (Å²) in [6.07, 6.45) is 3.20. The summed E-state index contributed by atoms with van der Waals surface area (Å²) in [6.45, 7) is 0. The third-order valence-electron chi connectivity index (χ3n) is 2.86. The first-order valence-electron chi connectivity index (χ1n) is 6.14. The number of amides is 1. The Kier molecular flexibility index (Phi) is 3.24. The summed E-state index contributed by atoms with van der Waals surface area (Å²) in [5.74, 6) is -0.256. The minimum Gasteiger partial charge on any atom is -0.345 e. The minimum absolute atomic E-state index is 0.256. The summed E-state index contributed by atoms with van der Waals surface area (Å²) in [5.41, 5.74) is 5.61. The number of carbonyl (C=O) groups excluding carboxylic acids is 1. The summed E-state index contributed by atoms with van der Waals surface area (Å²) < 4.78 is 0. The normalized spacial score (nSPS) is 11.0. The third-order valence-corrected chi connectivity index (χ3v) is 2.86. The van der Waals surface area contributed by atoms with Crippen LogP contribution in [-0.4, -0.2) is 22.1 Å². The lowest BCUT2D eigenvalue weighted by Gasteiger charge is -1.99. The molecule has 1 heterocycles. The van der Waals surface area contributed by atoms with Gasteiger partial charge in [0.1, 0.15) is 0 Å². The zero-order chi connectivity index (χ0) is 13.8. The molecule has 1 amide bonds. The van der Waals surface area contributed by atoms with Gasteiger partial charge in [-0.3, -0.25) is 4.79 Å². The molecule has 2 aromatic carbocycles. The van der Waals surface area contributed by atoms with E-state index in [-0.39, 0.29) is 5.91 Å². The fraction of sp³-hybridized carbons (Fsp3) is 0. The summed E-state index contributed by atoms with van der Waals surface area (Å²) in [4.78, 5) is 19.0. The molecule has 0 aliphatic carbocycles. The van der Waals surface area contributed by atoms with Crippen LogP contribution in [0.2, 0.25) is 0 Å². The molecule has 3 rings (SSSR count). The first kappa shape index (κ1) is 12.1.